The van der Waals surface area contributed by atoms with Gasteiger partial charge < -0.3 is 14.2 Å². The minimum atomic E-state index is -0.770. The standard InChI is InChI=1S/C57H106O6/c1-4-7-10-13-16-19-22-24-26-27-28-29-31-32-35-38-41-44-47-50-56(59)62-53-54(52-61-55(58)49-46-43-40-37-34-21-18-15-12-9-6-3)63-57(60)51-48-45-42-39-36-33-30-25-23-20-17-14-11-8-5-2/h15,18,24,26,54H,4-14,16-17,19-23,25,27-53H2,1-3H3/b18-15-,26-24-/t54-/m0/s1. The molecule has 63 heavy (non-hydrogen) atoms. The van der Waals surface area contributed by atoms with Crippen molar-refractivity contribution in [1.29, 1.82) is 0 Å². The number of hydrogen-bond donors (Lipinski definition) is 0. The molecule has 0 unspecified atom stereocenters. The molecule has 0 bridgehead atoms. The molecule has 6 nitrogen and oxygen atoms in total. The van der Waals surface area contributed by atoms with Crippen molar-refractivity contribution >= 4 is 17.9 Å². The van der Waals surface area contributed by atoms with E-state index in [1.54, 1.807) is 0 Å². The lowest BCUT2D eigenvalue weighted by molar-refractivity contribution is -0.167. The first kappa shape index (κ1) is 60.9. The Morgan fingerprint density at radius 3 is 0.841 bits per heavy atom. The molecule has 0 amide bonds. The number of ether oxygens (including phenoxy) is 3. The summed E-state index contributed by atoms with van der Waals surface area (Å²) in [4.78, 5) is 38.0. The van der Waals surface area contributed by atoms with Crippen LogP contribution in [0.25, 0.3) is 0 Å². The van der Waals surface area contributed by atoms with Crippen LogP contribution >= 0.6 is 0 Å². The lowest BCUT2D eigenvalue weighted by atomic mass is 10.0. The van der Waals surface area contributed by atoms with Gasteiger partial charge in [0.05, 0.1) is 0 Å². The quantitative estimate of drug-likeness (QED) is 0.0262. The first-order valence-electron chi connectivity index (χ1n) is 27.8. The van der Waals surface area contributed by atoms with E-state index in [-0.39, 0.29) is 31.1 Å². The average molecular weight is 887 g/mol. The molecule has 0 spiro atoms. The van der Waals surface area contributed by atoms with E-state index < -0.39 is 6.10 Å². The number of esters is 3. The molecule has 0 N–H and O–H groups in total. The number of allylic oxidation sites excluding steroid dienone is 4. The van der Waals surface area contributed by atoms with Crippen LogP contribution in [0.5, 0.6) is 0 Å². The van der Waals surface area contributed by atoms with Crippen LogP contribution in [0, 0.1) is 0 Å². The van der Waals surface area contributed by atoms with Gasteiger partial charge in [-0.1, -0.05) is 244 Å². The SMILES string of the molecule is CCCC/C=C\CCCCCCCC(=O)OC[C@@H](COC(=O)CCCCCCCCCCC/C=C\CCCCCCCC)OC(=O)CCCCCCCCCCCCCCCCC. The first-order valence-corrected chi connectivity index (χ1v) is 27.8. The van der Waals surface area contributed by atoms with Crippen LogP contribution < -0.4 is 0 Å². The third-order valence-corrected chi connectivity index (χ3v) is 12.4. The second-order valence-electron chi connectivity index (χ2n) is 18.8. The highest BCUT2D eigenvalue weighted by Crippen LogP contribution is 2.16. The van der Waals surface area contributed by atoms with E-state index in [4.69, 9.17) is 14.2 Å². The van der Waals surface area contributed by atoms with Gasteiger partial charge in [-0.25, -0.2) is 0 Å². The van der Waals surface area contributed by atoms with Crippen LogP contribution in [0.2, 0.25) is 0 Å². The van der Waals surface area contributed by atoms with E-state index in [0.717, 1.165) is 64.2 Å². The molecule has 0 saturated heterocycles. The minimum Gasteiger partial charge on any atom is -0.462 e. The molecule has 0 heterocycles. The van der Waals surface area contributed by atoms with Crippen molar-refractivity contribution in [3.63, 3.8) is 0 Å². The van der Waals surface area contributed by atoms with Crippen LogP contribution in [0.1, 0.15) is 303 Å². The Hall–Kier alpha value is -2.11. The summed E-state index contributed by atoms with van der Waals surface area (Å²) in [5.74, 6) is -0.866. The van der Waals surface area contributed by atoms with Gasteiger partial charge in [-0.2, -0.15) is 0 Å². The normalized spacial score (nSPS) is 12.1. The zero-order valence-corrected chi connectivity index (χ0v) is 42.4. The number of unbranched alkanes of at least 4 members (excludes halogenated alkanes) is 36. The van der Waals surface area contributed by atoms with Crippen LogP contribution in [-0.2, 0) is 28.6 Å². The predicted molar refractivity (Wildman–Crippen MR) is 270 cm³/mol. The Bertz CT molecular complexity index is 1020. The number of carbonyl (C=O) groups is 3. The monoisotopic (exact) mass is 887 g/mol. The lowest BCUT2D eigenvalue weighted by Crippen LogP contribution is -2.30. The predicted octanol–water partition coefficient (Wildman–Crippen LogP) is 18.3. The maximum absolute atomic E-state index is 12.8. The highest BCUT2D eigenvalue weighted by Gasteiger charge is 2.19. The highest BCUT2D eigenvalue weighted by molar-refractivity contribution is 5.71. The summed E-state index contributed by atoms with van der Waals surface area (Å²) in [7, 11) is 0. The fraction of sp³-hybridized carbons (Fsp3) is 0.877. The topological polar surface area (TPSA) is 78.9 Å². The third-order valence-electron chi connectivity index (χ3n) is 12.4. The van der Waals surface area contributed by atoms with Gasteiger partial charge in [0.25, 0.3) is 0 Å². The molecule has 6 heteroatoms. The third kappa shape index (κ3) is 50.7. The van der Waals surface area contributed by atoms with E-state index >= 15 is 0 Å². The van der Waals surface area contributed by atoms with Crippen molar-refractivity contribution < 1.29 is 28.6 Å². The first-order chi connectivity index (χ1) is 31.0. The molecule has 1 atom stereocenters. The van der Waals surface area contributed by atoms with E-state index in [2.05, 4.69) is 45.1 Å². The van der Waals surface area contributed by atoms with E-state index in [0.29, 0.717) is 19.3 Å². The van der Waals surface area contributed by atoms with Crippen LogP contribution in [0.4, 0.5) is 0 Å². The average Bonchev–Trinajstić information content (AvgIpc) is 3.28. The van der Waals surface area contributed by atoms with Crippen molar-refractivity contribution in [2.75, 3.05) is 13.2 Å². The zero-order valence-electron chi connectivity index (χ0n) is 42.4. The molecule has 370 valence electrons. The second kappa shape index (κ2) is 52.5. The maximum Gasteiger partial charge on any atom is 0.306 e. The summed E-state index contributed by atoms with van der Waals surface area (Å²) in [6.07, 6.45) is 60.2. The maximum atomic E-state index is 12.8. The van der Waals surface area contributed by atoms with E-state index in [9.17, 15) is 14.4 Å². The van der Waals surface area contributed by atoms with Gasteiger partial charge in [-0.3, -0.25) is 14.4 Å². The van der Waals surface area contributed by atoms with E-state index in [1.807, 2.05) is 0 Å². The Balaban J connectivity index is 4.29. The molecule has 0 aromatic rings. The number of carbonyl (C=O) groups excluding carboxylic acids is 3. The molecule has 0 aromatic carbocycles. The molecule has 0 fully saturated rings. The highest BCUT2D eigenvalue weighted by atomic mass is 16.6. The van der Waals surface area contributed by atoms with Gasteiger partial charge in [0, 0.05) is 19.3 Å². The summed E-state index contributed by atoms with van der Waals surface area (Å²) in [5, 5.41) is 0. The van der Waals surface area contributed by atoms with Crippen molar-refractivity contribution in [2.24, 2.45) is 0 Å². The van der Waals surface area contributed by atoms with Gasteiger partial charge in [-0.05, 0) is 64.2 Å². The van der Waals surface area contributed by atoms with E-state index in [1.165, 1.54) is 199 Å². The summed E-state index contributed by atoms with van der Waals surface area (Å²) < 4.78 is 16.8. The fourth-order valence-corrected chi connectivity index (χ4v) is 8.18. The van der Waals surface area contributed by atoms with Crippen LogP contribution in [0.15, 0.2) is 24.3 Å². The molecular formula is C57H106O6. The van der Waals surface area contributed by atoms with Crippen LogP contribution in [-0.4, -0.2) is 37.2 Å². The van der Waals surface area contributed by atoms with Crippen LogP contribution in [0.3, 0.4) is 0 Å². The molecule has 0 aliphatic carbocycles. The number of rotatable bonds is 51. The summed E-state index contributed by atoms with van der Waals surface area (Å²) in [5.41, 5.74) is 0. The zero-order chi connectivity index (χ0) is 45.8. The Labute approximate surface area is 392 Å². The summed E-state index contributed by atoms with van der Waals surface area (Å²) >= 11 is 0. The smallest absolute Gasteiger partial charge is 0.306 e. The van der Waals surface area contributed by atoms with Crippen molar-refractivity contribution in [3.05, 3.63) is 24.3 Å². The Morgan fingerprint density at radius 2 is 0.540 bits per heavy atom. The molecule has 0 aliphatic rings. The van der Waals surface area contributed by atoms with Gasteiger partial charge in [0.2, 0.25) is 0 Å². The van der Waals surface area contributed by atoms with Gasteiger partial charge in [0.15, 0.2) is 6.10 Å². The van der Waals surface area contributed by atoms with Crippen molar-refractivity contribution in [1.82, 2.24) is 0 Å². The van der Waals surface area contributed by atoms with Gasteiger partial charge in [0.1, 0.15) is 13.2 Å². The minimum absolute atomic E-state index is 0.0709. The van der Waals surface area contributed by atoms with Gasteiger partial charge in [-0.15, -0.1) is 0 Å². The fourth-order valence-electron chi connectivity index (χ4n) is 8.18. The van der Waals surface area contributed by atoms with Gasteiger partial charge >= 0.3 is 17.9 Å². The lowest BCUT2D eigenvalue weighted by Gasteiger charge is -2.18. The molecule has 0 aliphatic heterocycles. The number of hydrogen-bond acceptors (Lipinski definition) is 6. The Kier molecular flexibility index (Phi) is 50.8. The second-order valence-corrected chi connectivity index (χ2v) is 18.8. The summed E-state index contributed by atoms with van der Waals surface area (Å²) in [6, 6.07) is 0. The van der Waals surface area contributed by atoms with Crippen molar-refractivity contribution in [2.45, 2.75) is 309 Å². The molecule has 0 saturated carbocycles. The van der Waals surface area contributed by atoms with Crippen molar-refractivity contribution in [3.8, 4) is 0 Å². The molecule has 0 rings (SSSR count). The Morgan fingerprint density at radius 1 is 0.302 bits per heavy atom. The molecule has 0 aromatic heterocycles. The molecular weight excluding hydrogens is 781 g/mol. The largest absolute Gasteiger partial charge is 0.462 e. The summed E-state index contributed by atoms with van der Waals surface area (Å²) in [6.45, 7) is 6.63. The molecule has 0 radical (unpaired) electrons.